The van der Waals surface area contributed by atoms with Crippen LogP contribution < -0.4 is 11.5 Å². The van der Waals surface area contributed by atoms with E-state index in [-0.39, 0.29) is 16.2 Å². The first-order chi connectivity index (χ1) is 13.9. The molecule has 3 rings (SSSR count). The molecule has 0 saturated carbocycles. The van der Waals surface area contributed by atoms with Crippen molar-refractivity contribution in [3.63, 3.8) is 0 Å². The molecule has 0 saturated heterocycles. The van der Waals surface area contributed by atoms with Crippen LogP contribution in [0.15, 0.2) is 80.2 Å². The third-order valence-electron chi connectivity index (χ3n) is 4.20. The Morgan fingerprint density at radius 2 is 1.37 bits per heavy atom. The van der Waals surface area contributed by atoms with Gasteiger partial charge in [-0.3, -0.25) is 9.11 Å². The fourth-order valence-corrected chi connectivity index (χ4v) is 5.12. The summed E-state index contributed by atoms with van der Waals surface area (Å²) in [5, 5.41) is 0. The van der Waals surface area contributed by atoms with Gasteiger partial charge < -0.3 is 11.5 Å². The number of hydrogen-bond donors (Lipinski definition) is 4. The summed E-state index contributed by atoms with van der Waals surface area (Å²) < 4.78 is 64.8. The van der Waals surface area contributed by atoms with Crippen LogP contribution >= 0.6 is 11.8 Å². The zero-order chi connectivity index (χ0) is 22.1. The summed E-state index contributed by atoms with van der Waals surface area (Å²) in [7, 11) is -8.79. The average Bonchev–Trinajstić information content (AvgIpc) is 2.65. The highest BCUT2D eigenvalue weighted by Crippen LogP contribution is 2.35. The van der Waals surface area contributed by atoms with E-state index in [9.17, 15) is 21.4 Å². The van der Waals surface area contributed by atoms with Gasteiger partial charge in [-0.2, -0.15) is 16.8 Å². The van der Waals surface area contributed by atoms with Gasteiger partial charge in [0.25, 0.3) is 20.2 Å². The fraction of sp³-hybridized carbons (Fsp3) is 0.0526. The number of nitrogens with two attached hydrogens (primary N) is 2. The highest BCUT2D eigenvalue weighted by Gasteiger charge is 2.18. The number of hydrogen-bond acceptors (Lipinski definition) is 7. The molecule has 0 atom stereocenters. The Hall–Kier alpha value is -2.57. The first kappa shape index (κ1) is 22.1. The second-order valence-corrected chi connectivity index (χ2v) is 10.4. The third kappa shape index (κ3) is 5.32. The average molecular weight is 467 g/mol. The van der Waals surface area contributed by atoms with E-state index in [1.165, 1.54) is 30.3 Å². The van der Waals surface area contributed by atoms with Crippen molar-refractivity contribution in [3.8, 4) is 0 Å². The van der Waals surface area contributed by atoms with Gasteiger partial charge in [-0.05, 0) is 60.0 Å². The first-order valence-electron chi connectivity index (χ1n) is 8.43. The van der Waals surface area contributed by atoms with E-state index >= 15 is 0 Å². The van der Waals surface area contributed by atoms with E-state index in [2.05, 4.69) is 0 Å². The Morgan fingerprint density at radius 1 is 0.733 bits per heavy atom. The smallest absolute Gasteiger partial charge is 0.295 e. The minimum Gasteiger partial charge on any atom is -0.397 e. The Morgan fingerprint density at radius 3 is 1.93 bits per heavy atom. The molecule has 0 aliphatic heterocycles. The van der Waals surface area contributed by atoms with E-state index in [1.54, 1.807) is 30.3 Å². The van der Waals surface area contributed by atoms with E-state index < -0.39 is 20.2 Å². The fourth-order valence-electron chi connectivity index (χ4n) is 2.71. The zero-order valence-electron chi connectivity index (χ0n) is 15.4. The van der Waals surface area contributed by atoms with Crippen LogP contribution in [-0.4, -0.2) is 25.9 Å². The number of benzene rings is 3. The predicted molar refractivity (Wildman–Crippen MR) is 115 cm³/mol. The molecule has 0 aliphatic carbocycles. The molecular weight excluding hydrogens is 448 g/mol. The Balaban J connectivity index is 1.92. The molecule has 0 fully saturated rings. The van der Waals surface area contributed by atoms with Gasteiger partial charge in [-0.1, -0.05) is 30.0 Å². The summed E-state index contributed by atoms with van der Waals surface area (Å²) in [6, 6.07) is 15.1. The number of nitrogen functional groups attached to an aromatic ring is 2. The maximum Gasteiger partial charge on any atom is 0.295 e. The largest absolute Gasteiger partial charge is 0.397 e. The molecule has 30 heavy (non-hydrogen) atoms. The van der Waals surface area contributed by atoms with Gasteiger partial charge in [-0.25, -0.2) is 0 Å². The molecule has 0 radical (unpaired) electrons. The van der Waals surface area contributed by atoms with Crippen molar-refractivity contribution in [2.24, 2.45) is 0 Å². The van der Waals surface area contributed by atoms with Crippen LogP contribution in [0, 0.1) is 0 Å². The van der Waals surface area contributed by atoms with Gasteiger partial charge in [-0.15, -0.1) is 0 Å². The highest BCUT2D eigenvalue weighted by atomic mass is 32.2. The normalized spacial score (nSPS) is 12.1. The SMILES string of the molecule is Nc1ccc(Sc2ccc(Cc3ccc(S(=O)(=O)O)cc3)cc2S(=O)(=O)O)cc1N. The van der Waals surface area contributed by atoms with Gasteiger partial charge in [0, 0.05) is 9.79 Å². The third-order valence-corrected chi connectivity index (χ3v) is 7.16. The summed E-state index contributed by atoms with van der Waals surface area (Å²) in [6.07, 6.45) is 0.286. The quantitative estimate of drug-likeness (QED) is 0.316. The Bertz CT molecular complexity index is 1300. The predicted octanol–water partition coefficient (Wildman–Crippen LogP) is 3.09. The van der Waals surface area contributed by atoms with Crippen LogP contribution in [0.1, 0.15) is 11.1 Å². The standard InChI is InChI=1S/C19H18N2O6S3/c20-16-7-4-14(11-17(16)21)28-18-8-3-13(10-19(18)30(25,26)27)9-12-1-5-15(6-2-12)29(22,23)24/h1-8,10-11H,9,20-21H2,(H,22,23,24)(H,25,26,27). The van der Waals surface area contributed by atoms with Gasteiger partial charge in [0.05, 0.1) is 16.3 Å². The number of rotatable bonds is 6. The maximum atomic E-state index is 11.9. The monoisotopic (exact) mass is 466 g/mol. The number of anilines is 2. The highest BCUT2D eigenvalue weighted by molar-refractivity contribution is 8.00. The summed E-state index contributed by atoms with van der Waals surface area (Å²) in [5.74, 6) is 0. The topological polar surface area (TPSA) is 161 Å². The molecule has 3 aromatic rings. The van der Waals surface area contributed by atoms with Crippen molar-refractivity contribution in [3.05, 3.63) is 71.8 Å². The van der Waals surface area contributed by atoms with Crippen LogP contribution in [0.2, 0.25) is 0 Å². The van der Waals surface area contributed by atoms with Crippen molar-refractivity contribution in [2.45, 2.75) is 26.0 Å². The van der Waals surface area contributed by atoms with Crippen molar-refractivity contribution in [2.75, 3.05) is 11.5 Å². The molecule has 3 aromatic carbocycles. The summed E-state index contributed by atoms with van der Waals surface area (Å²) in [6.45, 7) is 0. The molecule has 6 N–H and O–H groups in total. The van der Waals surface area contributed by atoms with Crippen molar-refractivity contribution >= 4 is 43.4 Å². The molecule has 11 heteroatoms. The molecule has 0 spiro atoms. The lowest BCUT2D eigenvalue weighted by molar-refractivity contribution is 0.479. The molecule has 0 aliphatic rings. The Labute approximate surface area is 178 Å². The van der Waals surface area contributed by atoms with E-state index in [0.29, 0.717) is 32.3 Å². The van der Waals surface area contributed by atoms with Gasteiger partial charge in [0.2, 0.25) is 0 Å². The van der Waals surface area contributed by atoms with Gasteiger partial charge in [0.1, 0.15) is 4.90 Å². The van der Waals surface area contributed by atoms with Crippen LogP contribution in [0.4, 0.5) is 11.4 Å². The molecule has 0 aromatic heterocycles. The molecule has 0 amide bonds. The molecular formula is C19H18N2O6S3. The summed E-state index contributed by atoms with van der Waals surface area (Å²) in [5.41, 5.74) is 13.5. The van der Waals surface area contributed by atoms with E-state index in [4.69, 9.17) is 16.0 Å². The van der Waals surface area contributed by atoms with Crippen LogP contribution in [-0.2, 0) is 26.7 Å². The van der Waals surface area contributed by atoms with Crippen LogP contribution in [0.3, 0.4) is 0 Å². The van der Waals surface area contributed by atoms with Crippen molar-refractivity contribution in [1.29, 1.82) is 0 Å². The van der Waals surface area contributed by atoms with E-state index in [1.807, 2.05) is 0 Å². The molecule has 0 unspecified atom stereocenters. The molecule has 158 valence electrons. The molecule has 0 heterocycles. The minimum absolute atomic E-state index is 0.237. The molecule has 8 nitrogen and oxygen atoms in total. The second-order valence-electron chi connectivity index (χ2n) is 6.44. The zero-order valence-corrected chi connectivity index (χ0v) is 17.8. The lowest BCUT2D eigenvalue weighted by Gasteiger charge is -2.11. The Kier molecular flexibility index (Phi) is 6.11. The van der Waals surface area contributed by atoms with Gasteiger partial charge >= 0.3 is 0 Å². The second kappa shape index (κ2) is 8.28. The van der Waals surface area contributed by atoms with Gasteiger partial charge in [0.15, 0.2) is 0 Å². The minimum atomic E-state index is -4.50. The lowest BCUT2D eigenvalue weighted by atomic mass is 10.1. The van der Waals surface area contributed by atoms with E-state index in [0.717, 1.165) is 11.8 Å². The molecule has 0 bridgehead atoms. The van der Waals surface area contributed by atoms with Crippen molar-refractivity contribution < 1.29 is 25.9 Å². The summed E-state index contributed by atoms with van der Waals surface area (Å²) in [4.78, 5) is 0.474. The first-order valence-corrected chi connectivity index (χ1v) is 12.1. The van der Waals surface area contributed by atoms with Crippen LogP contribution in [0.25, 0.3) is 0 Å². The van der Waals surface area contributed by atoms with Crippen molar-refractivity contribution in [1.82, 2.24) is 0 Å². The van der Waals surface area contributed by atoms with Crippen LogP contribution in [0.5, 0.6) is 0 Å². The maximum absolute atomic E-state index is 11.9. The summed E-state index contributed by atoms with van der Waals surface area (Å²) >= 11 is 1.11. The lowest BCUT2D eigenvalue weighted by Crippen LogP contribution is -2.02.